The molecule has 3 unspecified atom stereocenters. The number of esters is 1. The molecule has 1 amide bonds. The summed E-state index contributed by atoms with van der Waals surface area (Å²) in [5.41, 5.74) is -0.898. The van der Waals surface area contributed by atoms with Crippen LogP contribution in [0.1, 0.15) is 25.0 Å². The maximum absolute atomic E-state index is 13.1. The van der Waals surface area contributed by atoms with Crippen LogP contribution in [-0.2, 0) is 41.8 Å². The molecular weight excluding hydrogens is 518 g/mol. The average Bonchev–Trinajstić information content (AvgIpc) is 3.09. The maximum atomic E-state index is 13.1. The van der Waals surface area contributed by atoms with Crippen LogP contribution in [0.4, 0.5) is 16.2 Å². The molecule has 4 rings (SSSR count). The number of carbonyl (C=O) groups is 4. The van der Waals surface area contributed by atoms with Gasteiger partial charge in [0.05, 0.1) is 27.4 Å². The fourth-order valence-corrected chi connectivity index (χ4v) is 4.82. The van der Waals surface area contributed by atoms with E-state index in [0.717, 1.165) is 4.90 Å². The second-order valence-electron chi connectivity index (χ2n) is 9.55. The third kappa shape index (κ3) is 5.12. The zero-order valence-corrected chi connectivity index (χ0v) is 20.8. The van der Waals surface area contributed by atoms with Crippen molar-refractivity contribution in [3.63, 3.8) is 0 Å². The molecule has 0 radical (unpaired) electrons. The first-order valence-corrected chi connectivity index (χ1v) is 11.7. The summed E-state index contributed by atoms with van der Waals surface area (Å²) in [6, 6.07) is 8.80. The van der Waals surface area contributed by atoms with E-state index >= 15 is 0 Å². The predicted octanol–water partition coefficient (Wildman–Crippen LogP) is 2.70. The average molecular weight is 541 g/mol. The van der Waals surface area contributed by atoms with E-state index in [2.05, 4.69) is 0 Å². The van der Waals surface area contributed by atoms with Crippen molar-refractivity contribution in [1.82, 2.24) is 4.90 Å². The van der Waals surface area contributed by atoms with Gasteiger partial charge in [0, 0.05) is 23.6 Å². The summed E-state index contributed by atoms with van der Waals surface area (Å²) >= 11 is 0. The van der Waals surface area contributed by atoms with Crippen LogP contribution in [0.5, 0.6) is 0 Å². The lowest BCUT2D eigenvalue weighted by atomic mass is 9.73. The van der Waals surface area contributed by atoms with Crippen LogP contribution >= 0.6 is 0 Å². The first-order chi connectivity index (χ1) is 18.4. The number of nitro groups is 2. The zero-order valence-electron chi connectivity index (χ0n) is 20.8. The number of β-lactam (4-membered cyclic amide) rings is 1. The molecule has 2 aromatic rings. The van der Waals surface area contributed by atoms with Gasteiger partial charge < -0.3 is 19.1 Å². The standard InChI is InChI=1S/C25H23N3O11/c1-25(2)20-17(13-39-24(32)38-12-15-5-3-4-6-18(15)28(35)36)22(30)26(20)19(21(25)29)23(31)37-11-14-7-9-16(10-8-14)27(33)34/h3-10,17,19-20H,11-13H2,1-2H3. The highest BCUT2D eigenvalue weighted by atomic mass is 16.7. The minimum atomic E-state index is -1.47. The number of ketones is 1. The Morgan fingerprint density at radius 2 is 1.59 bits per heavy atom. The third-order valence-electron chi connectivity index (χ3n) is 6.82. The Kier molecular flexibility index (Phi) is 7.29. The fraction of sp³-hybridized carbons (Fsp3) is 0.360. The largest absolute Gasteiger partial charge is 0.508 e. The van der Waals surface area contributed by atoms with Crippen molar-refractivity contribution in [1.29, 1.82) is 0 Å². The molecule has 3 atom stereocenters. The van der Waals surface area contributed by atoms with Crippen LogP contribution < -0.4 is 0 Å². The number of non-ortho nitro benzene ring substituents is 1. The topological polar surface area (TPSA) is 185 Å². The second-order valence-corrected chi connectivity index (χ2v) is 9.55. The molecule has 39 heavy (non-hydrogen) atoms. The SMILES string of the molecule is CC1(C)C(=O)C(C(=O)OCc2ccc([N+](=O)[O-])cc2)N2C(=O)C(COC(=O)OCc3ccccc3[N+](=O)[O-])C21. The summed E-state index contributed by atoms with van der Waals surface area (Å²) in [5.74, 6) is -2.96. The van der Waals surface area contributed by atoms with Crippen molar-refractivity contribution in [2.75, 3.05) is 6.61 Å². The number of nitrogens with zero attached hydrogens (tertiary/aromatic N) is 3. The molecule has 204 valence electrons. The lowest BCUT2D eigenvalue weighted by Gasteiger charge is -2.47. The van der Waals surface area contributed by atoms with Crippen LogP contribution in [0.15, 0.2) is 48.5 Å². The van der Waals surface area contributed by atoms with Crippen LogP contribution in [-0.4, -0.2) is 57.3 Å². The number of nitro benzene ring substituents is 2. The molecular formula is C25H23N3O11. The van der Waals surface area contributed by atoms with Crippen LogP contribution in [0.2, 0.25) is 0 Å². The summed E-state index contributed by atoms with van der Waals surface area (Å²) in [6.45, 7) is 2.05. The van der Waals surface area contributed by atoms with Gasteiger partial charge in [-0.25, -0.2) is 9.59 Å². The highest BCUT2D eigenvalue weighted by Crippen LogP contribution is 2.49. The Labute approximate surface area is 220 Å². The Hall–Kier alpha value is -4.88. The molecule has 0 N–H and O–H groups in total. The van der Waals surface area contributed by atoms with Crippen LogP contribution in [0.3, 0.4) is 0 Å². The van der Waals surface area contributed by atoms with Crippen molar-refractivity contribution < 1.29 is 43.2 Å². The molecule has 2 aliphatic heterocycles. The molecule has 0 aliphatic carbocycles. The van der Waals surface area contributed by atoms with Crippen molar-refractivity contribution in [3.05, 3.63) is 79.9 Å². The zero-order chi connectivity index (χ0) is 28.5. The predicted molar refractivity (Wildman–Crippen MR) is 129 cm³/mol. The molecule has 0 spiro atoms. The molecule has 2 heterocycles. The molecule has 2 aromatic carbocycles. The molecule has 2 saturated heterocycles. The van der Waals surface area contributed by atoms with Gasteiger partial charge in [0.15, 0.2) is 11.8 Å². The number of Topliss-reactive ketones (excluding diaryl/α,β-unsaturated/α-hetero) is 1. The minimum Gasteiger partial charge on any atom is -0.459 e. The van der Waals surface area contributed by atoms with E-state index in [0.29, 0.717) is 5.56 Å². The number of hydrogen-bond donors (Lipinski definition) is 0. The minimum absolute atomic E-state index is 0.134. The highest BCUT2D eigenvalue weighted by molar-refractivity contribution is 6.13. The summed E-state index contributed by atoms with van der Waals surface area (Å²) in [4.78, 5) is 72.7. The monoisotopic (exact) mass is 541 g/mol. The first kappa shape index (κ1) is 27.2. The summed E-state index contributed by atoms with van der Waals surface area (Å²) < 4.78 is 15.2. The highest BCUT2D eigenvalue weighted by Gasteiger charge is 2.68. The normalized spacial score (nSPS) is 21.0. The van der Waals surface area contributed by atoms with Crippen molar-refractivity contribution in [2.45, 2.75) is 39.1 Å². The summed E-state index contributed by atoms with van der Waals surface area (Å²) in [7, 11) is 0. The van der Waals surface area contributed by atoms with Crippen LogP contribution in [0, 0.1) is 31.6 Å². The van der Waals surface area contributed by atoms with E-state index < -0.39 is 70.3 Å². The molecule has 2 aliphatic rings. The van der Waals surface area contributed by atoms with Gasteiger partial charge in [-0.05, 0) is 23.8 Å². The quantitative estimate of drug-likeness (QED) is 0.149. The Morgan fingerprint density at radius 3 is 2.23 bits per heavy atom. The van der Waals surface area contributed by atoms with Gasteiger partial charge in [0.2, 0.25) is 5.91 Å². The van der Waals surface area contributed by atoms with E-state index in [1.165, 1.54) is 42.5 Å². The van der Waals surface area contributed by atoms with Gasteiger partial charge in [0.25, 0.3) is 11.4 Å². The third-order valence-corrected chi connectivity index (χ3v) is 6.82. The van der Waals surface area contributed by atoms with Gasteiger partial charge in [-0.2, -0.15) is 0 Å². The first-order valence-electron chi connectivity index (χ1n) is 11.7. The Bertz CT molecular complexity index is 1360. The van der Waals surface area contributed by atoms with Gasteiger partial charge in [-0.15, -0.1) is 0 Å². The van der Waals surface area contributed by atoms with E-state index in [4.69, 9.17) is 14.2 Å². The second kappa shape index (κ2) is 10.5. The Balaban J connectivity index is 1.34. The van der Waals surface area contributed by atoms with Crippen molar-refractivity contribution in [3.8, 4) is 0 Å². The van der Waals surface area contributed by atoms with Gasteiger partial charge in [-0.3, -0.25) is 29.8 Å². The van der Waals surface area contributed by atoms with E-state index in [-0.39, 0.29) is 23.5 Å². The number of hydrogen-bond acceptors (Lipinski definition) is 11. The number of fused-ring (bicyclic) bond motifs is 1. The lowest BCUT2D eigenvalue weighted by molar-refractivity contribution is -0.385. The van der Waals surface area contributed by atoms with Gasteiger partial charge in [0.1, 0.15) is 19.8 Å². The molecule has 0 saturated carbocycles. The van der Waals surface area contributed by atoms with Gasteiger partial charge >= 0.3 is 12.1 Å². The molecule has 0 aromatic heterocycles. The number of para-hydroxylation sites is 1. The number of rotatable bonds is 9. The van der Waals surface area contributed by atoms with E-state index in [1.807, 2.05) is 0 Å². The molecule has 14 heteroatoms. The van der Waals surface area contributed by atoms with Gasteiger partial charge in [-0.1, -0.05) is 26.0 Å². The number of amides is 1. The van der Waals surface area contributed by atoms with Crippen LogP contribution in [0.25, 0.3) is 0 Å². The summed E-state index contributed by atoms with van der Waals surface area (Å²) in [6.07, 6.45) is -1.15. The van der Waals surface area contributed by atoms with Crippen molar-refractivity contribution >= 4 is 35.2 Å². The van der Waals surface area contributed by atoms with E-state index in [9.17, 15) is 39.4 Å². The number of benzene rings is 2. The van der Waals surface area contributed by atoms with E-state index in [1.54, 1.807) is 19.9 Å². The molecule has 0 bridgehead atoms. The molecule has 2 fully saturated rings. The smallest absolute Gasteiger partial charge is 0.459 e. The molecule has 14 nitrogen and oxygen atoms in total. The lowest BCUT2D eigenvalue weighted by Crippen LogP contribution is -2.65. The number of ether oxygens (including phenoxy) is 3. The summed E-state index contributed by atoms with van der Waals surface area (Å²) in [5, 5.41) is 21.9. The Morgan fingerprint density at radius 1 is 0.923 bits per heavy atom. The maximum Gasteiger partial charge on any atom is 0.508 e. The van der Waals surface area contributed by atoms with Crippen molar-refractivity contribution in [2.24, 2.45) is 11.3 Å². The number of carbonyl (C=O) groups excluding carboxylic acids is 4. The fourth-order valence-electron chi connectivity index (χ4n) is 4.82.